The molecular weight excluding hydrogens is 898 g/mol. The minimum absolute atomic E-state index is 0.109. The molecule has 1 heterocycles. The zero-order chi connectivity index (χ0) is 48.0. The second-order valence-electron chi connectivity index (χ2n) is 17.4. The number of ether oxygens (including phenoxy) is 7. The van der Waals surface area contributed by atoms with Crippen LogP contribution in [0.2, 0.25) is 0 Å². The van der Waals surface area contributed by atoms with Crippen molar-refractivity contribution in [3.8, 4) is 0 Å². The molecule has 9 atom stereocenters. The van der Waals surface area contributed by atoms with Crippen LogP contribution in [0.4, 0.5) is 22.8 Å². The van der Waals surface area contributed by atoms with E-state index in [9.17, 15) is 45.9 Å². The van der Waals surface area contributed by atoms with E-state index in [4.69, 9.17) is 37.3 Å². The summed E-state index contributed by atoms with van der Waals surface area (Å²) in [7, 11) is -6.57. The number of benzene rings is 3. The lowest BCUT2D eigenvalue weighted by molar-refractivity contribution is -0.343. The zero-order valence-corrected chi connectivity index (χ0v) is 37.1. The molecule has 0 spiro atoms. The molecule has 3 aromatic rings. The third-order valence-electron chi connectivity index (χ3n) is 13.3. The van der Waals surface area contributed by atoms with Crippen LogP contribution in [-0.4, -0.2) is 91.3 Å². The SMILES string of the molecule is CC(=O)O[C@@]12CO[C@@H]1C[C@H](OS(=O)(=O)C(F)(F)F)[C@@]1(C)C(=O)C(OC(=O)OCc3ccccc3)=C3C(C)[C@@H](OC(=O)OCc4ccccc4)C[C@@](O)([C@@H](OC(=O)c4ccccc4)[C@H]21)C3(C)C. The predicted octanol–water partition coefficient (Wildman–Crippen LogP) is 6.88. The van der Waals surface area contributed by atoms with Crippen molar-refractivity contribution in [1.29, 1.82) is 0 Å². The molecule has 0 aromatic heterocycles. The standard InChI is InChI=1S/C46H47F3O16S/c1-26-31(61-40(53)58-23-28-15-9-6-10-16-28)22-45(55)38(63-39(52)30-19-13-8-14-20-30)36-43(5,32(65-66(56,57)46(47,48)49)21-33-44(36,25-60-33)64-27(2)50)37(51)35(34(26)42(45,3)4)62-41(54)59-24-29-17-11-7-12-18-29/h6-20,26,31-33,36,38,55H,21-25H2,1-5H3/t26?,31-,32-,33+,36-,38-,43+,44-,45+/m0/s1. The molecule has 0 radical (unpaired) electrons. The first-order valence-corrected chi connectivity index (χ1v) is 22.2. The minimum atomic E-state index is -6.57. The molecular formula is C46H47F3O16S. The highest BCUT2D eigenvalue weighted by Crippen LogP contribution is 2.65. The van der Waals surface area contributed by atoms with Gasteiger partial charge in [-0.2, -0.15) is 21.6 Å². The van der Waals surface area contributed by atoms with Crippen LogP contribution in [0.3, 0.4) is 0 Å². The molecule has 354 valence electrons. The van der Waals surface area contributed by atoms with Crippen LogP contribution in [0, 0.1) is 22.7 Å². The summed E-state index contributed by atoms with van der Waals surface area (Å²) < 4.78 is 114. The largest absolute Gasteiger partial charge is 0.523 e. The fraction of sp³-hybridized carbons (Fsp3) is 0.457. The Kier molecular flexibility index (Phi) is 12.9. The molecule has 4 aliphatic rings. The summed E-state index contributed by atoms with van der Waals surface area (Å²) in [5.74, 6) is -7.85. The highest BCUT2D eigenvalue weighted by molar-refractivity contribution is 7.87. The summed E-state index contributed by atoms with van der Waals surface area (Å²) in [6, 6.07) is 24.0. The lowest BCUT2D eigenvalue weighted by atomic mass is 9.45. The van der Waals surface area contributed by atoms with Crippen molar-refractivity contribution in [1.82, 2.24) is 0 Å². The number of aliphatic hydroxyl groups is 1. The summed E-state index contributed by atoms with van der Waals surface area (Å²) in [4.78, 5) is 70.8. The molecule has 1 N–H and O–H groups in total. The number of hydrogen-bond acceptors (Lipinski definition) is 16. The molecule has 1 aliphatic heterocycles. The van der Waals surface area contributed by atoms with Gasteiger partial charge in [-0.3, -0.25) is 13.8 Å². The van der Waals surface area contributed by atoms with E-state index in [1.165, 1.54) is 45.0 Å². The summed E-state index contributed by atoms with van der Waals surface area (Å²) in [5, 5.41) is 13.7. The molecule has 3 aromatic carbocycles. The third-order valence-corrected chi connectivity index (χ3v) is 14.3. The van der Waals surface area contributed by atoms with Crippen LogP contribution in [0.15, 0.2) is 102 Å². The molecule has 1 unspecified atom stereocenters. The monoisotopic (exact) mass is 944 g/mol. The summed E-state index contributed by atoms with van der Waals surface area (Å²) in [5.41, 5.74) is -15.0. The number of halogens is 3. The number of allylic oxidation sites excluding steroid dienone is 1. The fourth-order valence-corrected chi connectivity index (χ4v) is 10.6. The predicted molar refractivity (Wildman–Crippen MR) is 220 cm³/mol. The molecule has 3 aliphatic carbocycles. The van der Waals surface area contributed by atoms with Gasteiger partial charge in [0, 0.05) is 31.1 Å². The molecule has 16 nitrogen and oxygen atoms in total. The van der Waals surface area contributed by atoms with Crippen LogP contribution >= 0.6 is 0 Å². The third kappa shape index (κ3) is 8.54. The van der Waals surface area contributed by atoms with Crippen molar-refractivity contribution in [2.75, 3.05) is 6.61 Å². The molecule has 7 rings (SSSR count). The number of rotatable bonds is 11. The van der Waals surface area contributed by atoms with Crippen molar-refractivity contribution in [3.63, 3.8) is 0 Å². The van der Waals surface area contributed by atoms with Gasteiger partial charge in [0.2, 0.25) is 5.78 Å². The Morgan fingerprint density at radius 2 is 1.38 bits per heavy atom. The van der Waals surface area contributed by atoms with Gasteiger partial charge >= 0.3 is 39.9 Å². The van der Waals surface area contributed by atoms with Crippen molar-refractivity contribution in [2.45, 2.75) is 102 Å². The van der Waals surface area contributed by atoms with Gasteiger partial charge in [0.1, 0.15) is 37.1 Å². The van der Waals surface area contributed by atoms with Crippen LogP contribution in [0.5, 0.6) is 0 Å². The van der Waals surface area contributed by atoms with E-state index < -0.39 is 136 Å². The van der Waals surface area contributed by atoms with Crippen molar-refractivity contribution < 1.29 is 88.0 Å². The quantitative estimate of drug-likeness (QED) is 0.0898. The lowest BCUT2D eigenvalue weighted by Crippen LogP contribution is -2.81. The van der Waals surface area contributed by atoms with E-state index in [1.807, 2.05) is 0 Å². The zero-order valence-electron chi connectivity index (χ0n) is 36.3. The molecule has 1 saturated heterocycles. The van der Waals surface area contributed by atoms with Crippen LogP contribution < -0.4 is 0 Å². The number of carbonyl (C=O) groups excluding carboxylic acids is 5. The van der Waals surface area contributed by atoms with Crippen LogP contribution in [-0.2, 0) is 70.3 Å². The second-order valence-corrected chi connectivity index (χ2v) is 19.0. The van der Waals surface area contributed by atoms with Crippen molar-refractivity contribution in [3.05, 3.63) is 119 Å². The highest BCUT2D eigenvalue weighted by atomic mass is 32.2. The number of carbonyl (C=O) groups is 5. The highest BCUT2D eigenvalue weighted by Gasteiger charge is 2.79. The lowest BCUT2D eigenvalue weighted by Gasteiger charge is -2.67. The maximum Gasteiger partial charge on any atom is 0.523 e. The summed E-state index contributed by atoms with van der Waals surface area (Å²) in [6.07, 6.45) is -12.0. The molecule has 2 bridgehead atoms. The number of alkyl halides is 3. The Morgan fingerprint density at radius 3 is 1.89 bits per heavy atom. The normalized spacial score (nSPS) is 30.2. The maximum absolute atomic E-state index is 16.0. The first-order valence-electron chi connectivity index (χ1n) is 20.8. The summed E-state index contributed by atoms with van der Waals surface area (Å²) in [6.45, 7) is 4.94. The number of Topliss-reactive ketones (excluding diaryl/α,β-unsaturated/α-hetero) is 1. The van der Waals surface area contributed by atoms with Gasteiger partial charge in [-0.25, -0.2) is 14.4 Å². The first-order chi connectivity index (χ1) is 31.0. The van der Waals surface area contributed by atoms with Gasteiger partial charge in [-0.1, -0.05) is 99.6 Å². The summed E-state index contributed by atoms with van der Waals surface area (Å²) >= 11 is 0. The Morgan fingerprint density at radius 1 is 0.833 bits per heavy atom. The van der Waals surface area contributed by atoms with E-state index in [0.717, 1.165) is 13.8 Å². The van der Waals surface area contributed by atoms with Gasteiger partial charge < -0.3 is 38.3 Å². The Bertz CT molecular complexity index is 2500. The number of ketones is 1. The first kappa shape index (κ1) is 48.1. The molecule has 66 heavy (non-hydrogen) atoms. The van der Waals surface area contributed by atoms with E-state index >= 15 is 4.79 Å². The minimum Gasteiger partial charge on any atom is -0.455 e. The van der Waals surface area contributed by atoms with E-state index in [-0.39, 0.29) is 17.7 Å². The Labute approximate surface area is 377 Å². The number of esters is 2. The number of fused-ring (bicyclic) bond motifs is 5. The molecule has 20 heteroatoms. The maximum atomic E-state index is 16.0. The average Bonchev–Trinajstić information content (AvgIpc) is 3.26. The smallest absolute Gasteiger partial charge is 0.455 e. The van der Waals surface area contributed by atoms with Gasteiger partial charge in [-0.15, -0.1) is 0 Å². The van der Waals surface area contributed by atoms with E-state index in [2.05, 4.69) is 0 Å². The van der Waals surface area contributed by atoms with Gasteiger partial charge in [-0.05, 0) is 35.8 Å². The second kappa shape index (κ2) is 17.8. The Balaban J connectivity index is 1.48. The number of hydrogen-bond donors (Lipinski definition) is 1. The van der Waals surface area contributed by atoms with Crippen LogP contribution in [0.1, 0.15) is 68.9 Å². The molecule has 2 saturated carbocycles. The van der Waals surface area contributed by atoms with Gasteiger partial charge in [0.05, 0.1) is 29.6 Å². The van der Waals surface area contributed by atoms with E-state index in [0.29, 0.717) is 11.1 Å². The van der Waals surface area contributed by atoms with E-state index in [1.54, 1.807) is 66.7 Å². The van der Waals surface area contributed by atoms with Gasteiger partial charge in [0.15, 0.2) is 11.4 Å². The Hall–Kier alpha value is -5.83. The topological polar surface area (TPSA) is 214 Å². The van der Waals surface area contributed by atoms with Crippen molar-refractivity contribution in [2.24, 2.45) is 22.7 Å². The fourth-order valence-electron chi connectivity index (χ4n) is 9.90. The van der Waals surface area contributed by atoms with Crippen LogP contribution in [0.25, 0.3) is 0 Å². The average molecular weight is 945 g/mol. The molecule has 3 fully saturated rings. The van der Waals surface area contributed by atoms with Gasteiger partial charge in [0.25, 0.3) is 0 Å². The van der Waals surface area contributed by atoms with Crippen molar-refractivity contribution >= 4 is 40.2 Å². The molecule has 0 amide bonds.